The van der Waals surface area contributed by atoms with Crippen LogP contribution < -0.4 is 26.1 Å². The van der Waals surface area contributed by atoms with Gasteiger partial charge in [0.05, 0.1) is 35.5 Å². The number of methoxy groups -OCH3 is 1. The van der Waals surface area contributed by atoms with Gasteiger partial charge in [-0.15, -0.1) is 0 Å². The molecule has 0 saturated heterocycles. The maximum atomic E-state index is 12.4. The number of pyridine rings is 1. The van der Waals surface area contributed by atoms with E-state index in [-0.39, 0.29) is 29.6 Å². The Bertz CT molecular complexity index is 1420. The third-order valence-corrected chi connectivity index (χ3v) is 5.59. The van der Waals surface area contributed by atoms with Crippen molar-refractivity contribution in [3.63, 3.8) is 0 Å². The Kier molecular flexibility index (Phi) is 7.59. The second kappa shape index (κ2) is 11.0. The fraction of sp³-hybridized carbons (Fsp3) is 0.200. The molecule has 0 bridgehead atoms. The summed E-state index contributed by atoms with van der Waals surface area (Å²) >= 11 is 6.32. The van der Waals surface area contributed by atoms with Crippen LogP contribution in [0.15, 0.2) is 65.6 Å². The Balaban J connectivity index is 1.49. The molecule has 0 radical (unpaired) electrons. The van der Waals surface area contributed by atoms with Gasteiger partial charge in [-0.3, -0.25) is 14.6 Å². The topological polar surface area (TPSA) is 121 Å². The number of ether oxygens (including phenoxy) is 2. The number of amides is 1. The molecule has 0 aliphatic rings. The number of nitrogens with one attached hydrogen (secondary N) is 1. The van der Waals surface area contributed by atoms with Crippen molar-refractivity contribution in [2.45, 2.75) is 6.54 Å². The van der Waals surface area contributed by atoms with Gasteiger partial charge in [-0.25, -0.2) is 4.68 Å². The Morgan fingerprint density at radius 1 is 1.14 bits per heavy atom. The summed E-state index contributed by atoms with van der Waals surface area (Å²) in [7, 11) is 1.60. The minimum absolute atomic E-state index is 0.225. The van der Waals surface area contributed by atoms with Crippen LogP contribution in [0.5, 0.6) is 11.5 Å². The van der Waals surface area contributed by atoms with Crippen LogP contribution >= 0.6 is 11.6 Å². The van der Waals surface area contributed by atoms with Gasteiger partial charge < -0.3 is 20.5 Å². The first-order valence-electron chi connectivity index (χ1n) is 10.9. The molecule has 0 saturated carbocycles. The minimum Gasteiger partial charge on any atom is -0.497 e. The van der Waals surface area contributed by atoms with Crippen LogP contribution in [0.1, 0.15) is 10.4 Å². The van der Waals surface area contributed by atoms with E-state index in [1.165, 1.54) is 10.7 Å². The van der Waals surface area contributed by atoms with E-state index in [1.807, 2.05) is 18.2 Å². The highest BCUT2D eigenvalue weighted by Crippen LogP contribution is 2.27. The SMILES string of the molecule is COc1ccc2c(OCCn3nc(-c4ccc(C(=O)NCCN)c(Cl)c4)ccc3=O)ccnc2c1. The lowest BCUT2D eigenvalue weighted by molar-refractivity contribution is 0.0955. The number of halogens is 1. The van der Waals surface area contributed by atoms with Gasteiger partial charge in [0.2, 0.25) is 0 Å². The van der Waals surface area contributed by atoms with Gasteiger partial charge in [0, 0.05) is 42.4 Å². The second-order valence-corrected chi connectivity index (χ2v) is 7.97. The van der Waals surface area contributed by atoms with Gasteiger partial charge in [-0.2, -0.15) is 5.10 Å². The first-order valence-corrected chi connectivity index (χ1v) is 11.3. The number of hydrogen-bond acceptors (Lipinski definition) is 7. The zero-order chi connectivity index (χ0) is 24.8. The van der Waals surface area contributed by atoms with Gasteiger partial charge in [-0.1, -0.05) is 17.7 Å². The smallest absolute Gasteiger partial charge is 0.266 e. The first-order chi connectivity index (χ1) is 17.0. The third-order valence-electron chi connectivity index (χ3n) is 5.28. The largest absolute Gasteiger partial charge is 0.497 e. The second-order valence-electron chi connectivity index (χ2n) is 7.56. The van der Waals surface area contributed by atoms with Crippen molar-refractivity contribution in [1.82, 2.24) is 20.1 Å². The molecule has 0 atom stereocenters. The minimum atomic E-state index is -0.302. The van der Waals surface area contributed by atoms with Crippen LogP contribution in [0.3, 0.4) is 0 Å². The summed E-state index contributed by atoms with van der Waals surface area (Å²) in [6, 6.07) is 15.4. The summed E-state index contributed by atoms with van der Waals surface area (Å²) in [5.74, 6) is 1.06. The van der Waals surface area contributed by atoms with Crippen LogP contribution in [0.2, 0.25) is 5.02 Å². The molecule has 9 nitrogen and oxygen atoms in total. The molecule has 1 amide bonds. The lowest BCUT2D eigenvalue weighted by Crippen LogP contribution is -2.29. The zero-order valence-electron chi connectivity index (χ0n) is 19.0. The third kappa shape index (κ3) is 5.59. The van der Waals surface area contributed by atoms with Crippen molar-refractivity contribution in [2.24, 2.45) is 5.73 Å². The van der Waals surface area contributed by atoms with Crippen molar-refractivity contribution < 1.29 is 14.3 Å². The van der Waals surface area contributed by atoms with Gasteiger partial charge in [0.1, 0.15) is 18.1 Å². The van der Waals surface area contributed by atoms with Crippen LogP contribution in [0, 0.1) is 0 Å². The Morgan fingerprint density at radius 3 is 2.77 bits per heavy atom. The number of carbonyl (C=O) groups is 1. The quantitative estimate of drug-likeness (QED) is 0.367. The molecule has 0 spiro atoms. The molecule has 35 heavy (non-hydrogen) atoms. The average molecular weight is 494 g/mol. The number of nitrogens with two attached hydrogens (primary N) is 1. The highest BCUT2D eigenvalue weighted by atomic mass is 35.5. The summed E-state index contributed by atoms with van der Waals surface area (Å²) in [5, 5.41) is 8.25. The Labute approximate surface area is 206 Å². The van der Waals surface area contributed by atoms with Crippen LogP contribution in [-0.2, 0) is 6.54 Å². The zero-order valence-corrected chi connectivity index (χ0v) is 19.8. The van der Waals surface area contributed by atoms with Crippen molar-refractivity contribution in [2.75, 3.05) is 26.8 Å². The van der Waals surface area contributed by atoms with Crippen molar-refractivity contribution in [1.29, 1.82) is 0 Å². The fourth-order valence-electron chi connectivity index (χ4n) is 3.50. The molecule has 4 rings (SSSR count). The van der Waals surface area contributed by atoms with Gasteiger partial charge >= 0.3 is 0 Å². The van der Waals surface area contributed by atoms with E-state index in [0.717, 1.165) is 10.9 Å². The van der Waals surface area contributed by atoms with E-state index in [4.69, 9.17) is 26.8 Å². The normalized spacial score (nSPS) is 10.8. The summed E-state index contributed by atoms with van der Waals surface area (Å²) in [6.07, 6.45) is 1.66. The maximum Gasteiger partial charge on any atom is 0.266 e. The van der Waals surface area contributed by atoms with Crippen molar-refractivity contribution in [3.8, 4) is 22.8 Å². The number of aromatic nitrogens is 3. The monoisotopic (exact) mass is 493 g/mol. The van der Waals surface area contributed by atoms with Gasteiger partial charge in [0.15, 0.2) is 0 Å². The van der Waals surface area contributed by atoms with Crippen LogP contribution in [-0.4, -0.2) is 47.5 Å². The van der Waals surface area contributed by atoms with Gasteiger partial charge in [-0.05, 0) is 36.4 Å². The molecule has 0 aliphatic heterocycles. The molecule has 2 aromatic heterocycles. The van der Waals surface area contributed by atoms with Crippen molar-refractivity contribution in [3.05, 3.63) is 81.7 Å². The molecule has 3 N–H and O–H groups in total. The van der Waals surface area contributed by atoms with Crippen molar-refractivity contribution >= 4 is 28.4 Å². The summed E-state index contributed by atoms with van der Waals surface area (Å²) in [4.78, 5) is 28.9. The number of benzene rings is 2. The highest BCUT2D eigenvalue weighted by Gasteiger charge is 2.12. The summed E-state index contributed by atoms with van der Waals surface area (Å²) in [6.45, 7) is 1.15. The number of hydrogen-bond donors (Lipinski definition) is 2. The molecule has 2 heterocycles. The molecule has 180 valence electrons. The predicted molar refractivity (Wildman–Crippen MR) is 134 cm³/mol. The predicted octanol–water partition coefficient (Wildman–Crippen LogP) is 2.89. The molecule has 10 heteroatoms. The van der Waals surface area contributed by atoms with E-state index in [2.05, 4.69) is 15.4 Å². The molecule has 4 aromatic rings. The lowest BCUT2D eigenvalue weighted by atomic mass is 10.1. The van der Waals surface area contributed by atoms with E-state index >= 15 is 0 Å². The van der Waals surface area contributed by atoms with Crippen LogP contribution in [0.4, 0.5) is 0 Å². The first kappa shape index (κ1) is 24.2. The number of fused-ring (bicyclic) bond motifs is 1. The van der Waals surface area contributed by atoms with E-state index in [9.17, 15) is 9.59 Å². The van der Waals surface area contributed by atoms with Gasteiger partial charge in [0.25, 0.3) is 11.5 Å². The summed E-state index contributed by atoms with van der Waals surface area (Å²) < 4.78 is 12.5. The summed E-state index contributed by atoms with van der Waals surface area (Å²) in [5.41, 5.74) is 7.47. The van der Waals surface area contributed by atoms with E-state index in [0.29, 0.717) is 41.4 Å². The molecular formula is C25H24ClN5O4. The lowest BCUT2D eigenvalue weighted by Gasteiger charge is -2.12. The molecule has 0 aliphatic carbocycles. The Morgan fingerprint density at radius 2 is 2.00 bits per heavy atom. The number of rotatable bonds is 9. The van der Waals surface area contributed by atoms with E-state index in [1.54, 1.807) is 43.6 Å². The standard InChI is InChI=1S/C25H24ClN5O4/c1-34-17-3-5-19-22(15-17)28-10-8-23(19)35-13-12-31-24(32)7-6-21(30-31)16-2-4-18(20(26)14-16)25(33)29-11-9-27/h2-8,10,14-15H,9,11-13,27H2,1H3,(H,29,33). The fourth-order valence-corrected chi connectivity index (χ4v) is 3.77. The average Bonchev–Trinajstić information content (AvgIpc) is 2.88. The molecule has 0 fully saturated rings. The molecular weight excluding hydrogens is 470 g/mol. The Hall–Kier alpha value is -3.95. The molecule has 0 unspecified atom stereocenters. The number of carbonyl (C=O) groups excluding carboxylic acids is 1. The highest BCUT2D eigenvalue weighted by molar-refractivity contribution is 6.34. The van der Waals surface area contributed by atoms with E-state index < -0.39 is 0 Å². The van der Waals surface area contributed by atoms with Crippen LogP contribution in [0.25, 0.3) is 22.2 Å². The maximum absolute atomic E-state index is 12.4. The molecule has 2 aromatic carbocycles. The number of nitrogens with zero attached hydrogens (tertiary/aromatic N) is 3.